The Morgan fingerprint density at radius 2 is 1.93 bits per heavy atom. The summed E-state index contributed by atoms with van der Waals surface area (Å²) in [7, 11) is 0. The van der Waals surface area contributed by atoms with Crippen LogP contribution in [-0.2, 0) is 11.3 Å². The molecule has 0 radical (unpaired) electrons. The van der Waals surface area contributed by atoms with Gasteiger partial charge in [0.2, 0.25) is 0 Å². The van der Waals surface area contributed by atoms with E-state index in [1.54, 1.807) is 17.0 Å². The van der Waals surface area contributed by atoms with E-state index in [1.165, 1.54) is 12.1 Å². The van der Waals surface area contributed by atoms with Gasteiger partial charge in [0.15, 0.2) is 0 Å². The molecule has 29 heavy (non-hydrogen) atoms. The highest BCUT2D eigenvalue weighted by Gasteiger charge is 2.24. The number of carbonyl (C=O) groups is 1. The molecule has 0 aliphatic carbocycles. The van der Waals surface area contributed by atoms with Crippen molar-refractivity contribution in [1.29, 1.82) is 0 Å². The van der Waals surface area contributed by atoms with Crippen LogP contribution in [0.4, 0.5) is 13.6 Å². The van der Waals surface area contributed by atoms with Crippen molar-refractivity contribution in [1.82, 2.24) is 10.2 Å². The highest BCUT2D eigenvalue weighted by Crippen LogP contribution is 2.21. The third kappa shape index (κ3) is 6.90. The SMILES string of the molecule is O=C(OCc1ccccc1)N1CCN[C@H](CCOc2cccc(OC(F)F)c2)C1. The molecule has 3 rings (SSSR count). The van der Waals surface area contributed by atoms with E-state index in [4.69, 9.17) is 9.47 Å². The summed E-state index contributed by atoms with van der Waals surface area (Å²) >= 11 is 0. The van der Waals surface area contributed by atoms with Gasteiger partial charge in [-0.15, -0.1) is 0 Å². The standard InChI is InChI=1S/C21H24F2N2O4/c22-20(23)29-19-8-4-7-18(13-19)27-12-9-17-14-25(11-10-24-17)21(26)28-15-16-5-2-1-3-6-16/h1-8,13,17,20,24H,9-12,14-15H2/t17-/m1/s1. The lowest BCUT2D eigenvalue weighted by Crippen LogP contribution is -2.53. The zero-order valence-electron chi connectivity index (χ0n) is 15.9. The summed E-state index contributed by atoms with van der Waals surface area (Å²) in [5, 5.41) is 3.35. The molecule has 2 aromatic rings. The van der Waals surface area contributed by atoms with Gasteiger partial charge in [0, 0.05) is 31.7 Å². The molecular formula is C21H24F2N2O4. The molecule has 0 spiro atoms. The van der Waals surface area contributed by atoms with Crippen LogP contribution in [0.15, 0.2) is 54.6 Å². The Morgan fingerprint density at radius 1 is 1.14 bits per heavy atom. The smallest absolute Gasteiger partial charge is 0.410 e. The van der Waals surface area contributed by atoms with Crippen molar-refractivity contribution in [3.63, 3.8) is 0 Å². The summed E-state index contributed by atoms with van der Waals surface area (Å²) in [6.07, 6.45) is 0.320. The van der Waals surface area contributed by atoms with Gasteiger partial charge in [-0.25, -0.2) is 4.79 Å². The molecule has 1 aliphatic heterocycles. The third-order valence-electron chi connectivity index (χ3n) is 4.48. The third-order valence-corrected chi connectivity index (χ3v) is 4.48. The lowest BCUT2D eigenvalue weighted by molar-refractivity contribution is -0.0499. The second-order valence-corrected chi connectivity index (χ2v) is 6.63. The quantitative estimate of drug-likeness (QED) is 0.725. The van der Waals surface area contributed by atoms with Gasteiger partial charge in [-0.05, 0) is 24.1 Å². The average molecular weight is 406 g/mol. The summed E-state index contributed by atoms with van der Waals surface area (Å²) in [4.78, 5) is 14.0. The number of nitrogens with one attached hydrogen (secondary N) is 1. The first kappa shape index (κ1) is 20.9. The molecule has 1 atom stereocenters. The number of ether oxygens (including phenoxy) is 3. The van der Waals surface area contributed by atoms with Gasteiger partial charge < -0.3 is 24.4 Å². The van der Waals surface area contributed by atoms with Gasteiger partial charge >= 0.3 is 12.7 Å². The topological polar surface area (TPSA) is 60.0 Å². The van der Waals surface area contributed by atoms with Crippen LogP contribution in [0.2, 0.25) is 0 Å². The fourth-order valence-electron chi connectivity index (χ4n) is 3.05. The molecule has 1 aliphatic rings. The maximum Gasteiger partial charge on any atom is 0.410 e. The number of hydrogen-bond donors (Lipinski definition) is 1. The van der Waals surface area contributed by atoms with Crippen LogP contribution in [0.1, 0.15) is 12.0 Å². The van der Waals surface area contributed by atoms with Gasteiger partial charge in [0.05, 0.1) is 6.61 Å². The maximum absolute atomic E-state index is 12.3. The Balaban J connectivity index is 1.41. The van der Waals surface area contributed by atoms with E-state index in [1.807, 2.05) is 30.3 Å². The van der Waals surface area contributed by atoms with Crippen LogP contribution in [-0.4, -0.2) is 49.9 Å². The molecule has 1 heterocycles. The Morgan fingerprint density at radius 3 is 2.72 bits per heavy atom. The minimum Gasteiger partial charge on any atom is -0.493 e. The van der Waals surface area contributed by atoms with Gasteiger partial charge in [-0.1, -0.05) is 36.4 Å². The van der Waals surface area contributed by atoms with Crippen molar-refractivity contribution in [3.05, 3.63) is 60.2 Å². The van der Waals surface area contributed by atoms with Crippen LogP contribution in [0.3, 0.4) is 0 Å². The summed E-state index contributed by atoms with van der Waals surface area (Å²) in [5.74, 6) is 0.513. The van der Waals surface area contributed by atoms with E-state index < -0.39 is 6.61 Å². The first-order valence-corrected chi connectivity index (χ1v) is 9.47. The summed E-state index contributed by atoms with van der Waals surface area (Å²) in [5.41, 5.74) is 0.944. The number of carbonyl (C=O) groups excluding carboxylic acids is 1. The molecule has 2 aromatic carbocycles. The Kier molecular flexibility index (Phi) is 7.63. The van der Waals surface area contributed by atoms with E-state index in [2.05, 4.69) is 10.1 Å². The summed E-state index contributed by atoms with van der Waals surface area (Å²) in [6, 6.07) is 15.7. The van der Waals surface area contributed by atoms with Crippen LogP contribution in [0.5, 0.6) is 11.5 Å². The number of alkyl halides is 2. The lowest BCUT2D eigenvalue weighted by atomic mass is 10.1. The normalized spacial score (nSPS) is 16.5. The minimum atomic E-state index is -2.87. The highest BCUT2D eigenvalue weighted by molar-refractivity contribution is 5.67. The van der Waals surface area contributed by atoms with E-state index in [9.17, 15) is 13.6 Å². The Labute approximate surface area is 168 Å². The second kappa shape index (κ2) is 10.6. The predicted octanol–water partition coefficient (Wildman–Crippen LogP) is 3.67. The first-order chi connectivity index (χ1) is 14.1. The van der Waals surface area contributed by atoms with Crippen LogP contribution >= 0.6 is 0 Å². The predicted molar refractivity (Wildman–Crippen MR) is 103 cm³/mol. The Bertz CT molecular complexity index is 776. The fraction of sp³-hybridized carbons (Fsp3) is 0.381. The number of amides is 1. The monoisotopic (exact) mass is 406 g/mol. The zero-order valence-corrected chi connectivity index (χ0v) is 15.9. The number of piperazine rings is 1. The molecule has 0 unspecified atom stereocenters. The number of halogens is 2. The summed E-state index contributed by atoms with van der Waals surface area (Å²) < 4.78 is 40.0. The molecule has 8 heteroatoms. The van der Waals surface area contributed by atoms with E-state index in [-0.39, 0.29) is 24.5 Å². The zero-order chi connectivity index (χ0) is 20.5. The Hall–Kier alpha value is -2.87. The van der Waals surface area contributed by atoms with Gasteiger partial charge in [-0.2, -0.15) is 8.78 Å². The van der Waals surface area contributed by atoms with Crippen LogP contribution < -0.4 is 14.8 Å². The van der Waals surface area contributed by atoms with Crippen LogP contribution in [0, 0.1) is 0 Å². The molecule has 1 saturated heterocycles. The molecule has 0 saturated carbocycles. The summed E-state index contributed by atoms with van der Waals surface area (Å²) in [6.45, 7) is -0.479. The van der Waals surface area contributed by atoms with Crippen molar-refractivity contribution in [3.8, 4) is 11.5 Å². The number of hydrogen-bond acceptors (Lipinski definition) is 5. The fourth-order valence-corrected chi connectivity index (χ4v) is 3.05. The molecule has 156 valence electrons. The number of rotatable bonds is 8. The molecule has 0 aromatic heterocycles. The van der Waals surface area contributed by atoms with E-state index in [0.29, 0.717) is 38.4 Å². The van der Waals surface area contributed by atoms with E-state index in [0.717, 1.165) is 5.56 Å². The van der Waals surface area contributed by atoms with Crippen LogP contribution in [0.25, 0.3) is 0 Å². The second-order valence-electron chi connectivity index (χ2n) is 6.63. The van der Waals surface area contributed by atoms with Crippen molar-refractivity contribution < 1.29 is 27.8 Å². The molecule has 1 fully saturated rings. The van der Waals surface area contributed by atoms with Crippen molar-refractivity contribution in [2.75, 3.05) is 26.2 Å². The largest absolute Gasteiger partial charge is 0.493 e. The van der Waals surface area contributed by atoms with Gasteiger partial charge in [0.1, 0.15) is 18.1 Å². The molecule has 1 amide bonds. The van der Waals surface area contributed by atoms with E-state index >= 15 is 0 Å². The molecule has 0 bridgehead atoms. The van der Waals surface area contributed by atoms with Crippen molar-refractivity contribution >= 4 is 6.09 Å². The minimum absolute atomic E-state index is 0.0561. The van der Waals surface area contributed by atoms with Gasteiger partial charge in [-0.3, -0.25) is 0 Å². The van der Waals surface area contributed by atoms with Crippen molar-refractivity contribution in [2.45, 2.75) is 25.7 Å². The molecule has 1 N–H and O–H groups in total. The van der Waals surface area contributed by atoms with Gasteiger partial charge in [0.25, 0.3) is 0 Å². The average Bonchev–Trinajstić information content (AvgIpc) is 2.73. The molecule has 6 nitrogen and oxygen atoms in total. The molecular weight excluding hydrogens is 382 g/mol. The first-order valence-electron chi connectivity index (χ1n) is 9.47. The number of nitrogens with zero attached hydrogens (tertiary/aromatic N) is 1. The lowest BCUT2D eigenvalue weighted by Gasteiger charge is -2.33. The highest BCUT2D eigenvalue weighted by atomic mass is 19.3. The number of benzene rings is 2. The maximum atomic E-state index is 12.3. The van der Waals surface area contributed by atoms with Crippen molar-refractivity contribution in [2.24, 2.45) is 0 Å².